The minimum absolute atomic E-state index is 0. The van der Waals surface area contributed by atoms with Crippen molar-refractivity contribution in [1.82, 2.24) is 9.80 Å². The first-order chi connectivity index (χ1) is 24.1. The van der Waals surface area contributed by atoms with E-state index in [2.05, 4.69) is 49.4 Å². The van der Waals surface area contributed by atoms with E-state index < -0.39 is 19.3 Å². The van der Waals surface area contributed by atoms with Crippen molar-refractivity contribution < 1.29 is 65.8 Å². The third-order valence-electron chi connectivity index (χ3n) is 8.60. The van der Waals surface area contributed by atoms with Gasteiger partial charge in [0.05, 0.1) is 6.61 Å². The van der Waals surface area contributed by atoms with E-state index in [4.69, 9.17) is 19.5 Å². The Kier molecular flexibility index (Phi) is 44.9. The van der Waals surface area contributed by atoms with Crippen molar-refractivity contribution in [1.29, 1.82) is 0 Å². The van der Waals surface area contributed by atoms with Crippen LogP contribution in [0.5, 0.6) is 0 Å². The minimum Gasteiger partial charge on any atom is -0.358 e. The van der Waals surface area contributed by atoms with Crippen molar-refractivity contribution in [3.8, 4) is 0 Å². The molecular weight excluding hydrogens is 1160 g/mol. The molecule has 0 unspecified atom stereocenters. The smallest absolute Gasteiger partial charge is 0 e. The molecule has 0 aromatic rings. The van der Waals surface area contributed by atoms with Crippen LogP contribution >= 0.6 is 51.7 Å². The molecule has 0 aromatic carbocycles. The monoisotopic (exact) mass is 1240 g/mol. The molecule has 0 radical (unpaired) electrons. The molecule has 0 aromatic heterocycles. The molecule has 3 rings (SSSR count). The number of hydrogen-bond acceptors (Lipinski definition) is 6. The van der Waals surface area contributed by atoms with Crippen LogP contribution in [0.25, 0.3) is 0 Å². The van der Waals surface area contributed by atoms with Gasteiger partial charge >= 0.3 is 80.9 Å². The van der Waals surface area contributed by atoms with E-state index in [0.29, 0.717) is 18.8 Å². The number of unbranched alkanes of at least 4 members (excludes halogenated alkanes) is 12. The Morgan fingerprint density at radius 3 is 1.67 bits per heavy atom. The molecule has 3 fully saturated rings. The Balaban J connectivity index is -0.000000644. The SMILES string of the molecule is CCCCB1O[C@H](C(=O)N(C)C)[C@@H](C(=O)N(C)C)O1.CCCCCCCC/C=C/CO.CCCCCCCC[C@@H]1C[C@H]1CO.IC[I-]I1C[IH]1.[CH3-].[Zn]. The van der Waals surface area contributed by atoms with E-state index in [1.165, 1.54) is 99.7 Å². The average Bonchev–Trinajstić information content (AvgIpc) is 4.04. The van der Waals surface area contributed by atoms with E-state index in [9.17, 15) is 9.59 Å². The molecule has 0 bridgehead atoms. The third kappa shape index (κ3) is 32.1. The number of carbonyl (C=O) groups is 2. The van der Waals surface area contributed by atoms with Gasteiger partial charge in [0.25, 0.3) is 11.8 Å². The second-order valence-electron chi connectivity index (χ2n) is 13.5. The van der Waals surface area contributed by atoms with Crippen LogP contribution in [0.2, 0.25) is 6.32 Å². The fourth-order valence-electron chi connectivity index (χ4n) is 5.32. The van der Waals surface area contributed by atoms with Gasteiger partial charge in [0.1, 0.15) is 0 Å². The molecule has 2 aliphatic heterocycles. The topological polar surface area (TPSA) is 99.5 Å². The molecule has 14 heteroatoms. The molecule has 52 heavy (non-hydrogen) atoms. The summed E-state index contributed by atoms with van der Waals surface area (Å²) in [5.74, 6) is 1.09. The fraction of sp³-hybridized carbons (Fsp3) is 0.868. The standard InChI is InChI=1S/C12H23BN2O4.C12H24O.C11H22O.C2H5I4.CH3.Zn/c1-6-7-8-13-18-9(11(16)14(2)3)10(19-13)12(17)15(4)5;1-2-3-4-5-6-7-8-11-9-12(11)10-13;1-2-3-4-5-6-7-8-9-10-11-12;3-1-4-6-2-5-6;;/h9-10H,6-8H2,1-5H3;11-13H,2-10H2,1H3;9-10,12H,2-8,11H2,1H3;5H,1-2H2;1H3;/q;;;2*-1;/b;;10-9+;;;/t9-,10-;11-,12+;;;;/m01..../s1. The molecule has 2 heterocycles. The zero-order chi connectivity index (χ0) is 37.6. The summed E-state index contributed by atoms with van der Waals surface area (Å²) in [7, 11) is 6.09. The van der Waals surface area contributed by atoms with Gasteiger partial charge in [-0.3, -0.25) is 9.59 Å². The molecule has 2 N–H and O–H groups in total. The summed E-state index contributed by atoms with van der Waals surface area (Å²) >= 11 is 4.44. The summed E-state index contributed by atoms with van der Waals surface area (Å²) in [4.78, 5) is 26.9. The number of likely N-dealkylation sites (N-methyl/N-ethyl adjacent to an activating group) is 2. The zero-order valence-electron chi connectivity index (χ0n) is 34.3. The second-order valence-corrected chi connectivity index (χ2v) is 58.8. The van der Waals surface area contributed by atoms with Gasteiger partial charge < -0.3 is 36.7 Å². The Morgan fingerprint density at radius 2 is 1.29 bits per heavy atom. The molecule has 4 atom stereocenters. The van der Waals surface area contributed by atoms with Crippen LogP contribution in [0.1, 0.15) is 130 Å². The van der Waals surface area contributed by atoms with Gasteiger partial charge in [-0.25, -0.2) is 0 Å². The van der Waals surface area contributed by atoms with Crippen molar-refractivity contribution in [3.63, 3.8) is 0 Å². The van der Waals surface area contributed by atoms with Gasteiger partial charge in [0.15, 0.2) is 12.2 Å². The normalized spacial score (nSPS) is 20.4. The molecule has 2 amide bonds. The number of rotatable bonds is 23. The van der Waals surface area contributed by atoms with Gasteiger partial charge in [-0.15, -0.1) is 0 Å². The third-order valence-corrected chi connectivity index (χ3v) is 65.3. The minimum atomic E-state index is -0.841. The maximum Gasteiger partial charge on any atom is 0 e. The van der Waals surface area contributed by atoms with Gasteiger partial charge in [-0.05, 0) is 37.4 Å². The molecular formula is C38H77BI4N2O6Zn-2. The molecule has 310 valence electrons. The second kappa shape index (κ2) is 39.9. The molecule has 3 aliphatic rings. The number of halogens is 4. The fourth-order valence-corrected chi connectivity index (χ4v) is 94.1. The van der Waals surface area contributed by atoms with Gasteiger partial charge in [0, 0.05) is 54.3 Å². The van der Waals surface area contributed by atoms with Crippen molar-refractivity contribution in [2.45, 2.75) is 148 Å². The number of hydrogen-bond donors (Lipinski definition) is 2. The van der Waals surface area contributed by atoms with Gasteiger partial charge in [0.2, 0.25) is 0 Å². The number of amides is 2. The van der Waals surface area contributed by atoms with Crippen LogP contribution in [0, 0.1) is 19.3 Å². The summed E-state index contributed by atoms with van der Waals surface area (Å²) in [6.45, 7) is 7.19. The first-order valence-corrected chi connectivity index (χ1v) is 38.5. The van der Waals surface area contributed by atoms with Crippen molar-refractivity contribution in [3.05, 3.63) is 19.6 Å². The summed E-state index contributed by atoms with van der Waals surface area (Å²) in [5.41, 5.74) is 0. The Hall–Kier alpha value is 2.13. The number of carbonyl (C=O) groups excluding carboxylic acids is 2. The number of alkyl halides is 4. The van der Waals surface area contributed by atoms with Crippen LogP contribution in [-0.2, 0) is 38.4 Å². The molecule has 0 spiro atoms. The number of allylic oxidation sites excluding steroid dienone is 1. The van der Waals surface area contributed by atoms with Crippen molar-refractivity contribution in [2.75, 3.05) is 46.3 Å². The van der Waals surface area contributed by atoms with E-state index in [1.807, 2.05) is 8.51 Å². The maximum absolute atomic E-state index is 12.1. The molecule has 8 nitrogen and oxygen atoms in total. The van der Waals surface area contributed by atoms with E-state index in [-0.39, 0.29) is 57.2 Å². The largest absolute Gasteiger partial charge is 0.358 e. The molecule has 2 saturated heterocycles. The summed E-state index contributed by atoms with van der Waals surface area (Å²) in [6, 6.07) is 0. The summed E-state index contributed by atoms with van der Waals surface area (Å²) in [5, 5.41) is 17.3. The Bertz CT molecular complexity index is 836. The van der Waals surface area contributed by atoms with E-state index >= 15 is 0 Å². The maximum atomic E-state index is 12.1. The van der Waals surface area contributed by atoms with Crippen molar-refractivity contribution >= 4 is 70.6 Å². The van der Waals surface area contributed by atoms with Crippen LogP contribution < -0.4 is 17.2 Å². The molecule has 1 saturated carbocycles. The Labute approximate surface area is 368 Å². The number of aliphatic hydroxyl groups excluding tert-OH is 2. The zero-order valence-corrected chi connectivity index (χ0v) is 46.0. The van der Waals surface area contributed by atoms with Gasteiger partial charge in [-0.1, -0.05) is 123 Å². The van der Waals surface area contributed by atoms with Crippen LogP contribution in [-0.4, -0.2) is 97.4 Å². The summed E-state index contributed by atoms with van der Waals surface area (Å²) in [6.07, 6.45) is 25.2. The quantitative estimate of drug-likeness (QED) is 0.0292. The van der Waals surface area contributed by atoms with E-state index in [1.54, 1.807) is 30.6 Å². The first-order valence-electron chi connectivity index (χ1n) is 19.2. The van der Waals surface area contributed by atoms with Gasteiger partial charge in [-0.2, -0.15) is 0 Å². The number of nitrogens with zero attached hydrogens (tertiary/aromatic N) is 2. The number of aliphatic hydroxyl groups is 2. The van der Waals surface area contributed by atoms with Crippen molar-refractivity contribution in [2.24, 2.45) is 11.8 Å². The molecule has 1 aliphatic carbocycles. The van der Waals surface area contributed by atoms with Crippen LogP contribution in [0.3, 0.4) is 0 Å². The first kappa shape index (κ1) is 58.4. The average molecular weight is 1240 g/mol. The van der Waals surface area contributed by atoms with Crippen LogP contribution in [0.15, 0.2) is 12.2 Å². The predicted octanol–water partition coefficient (Wildman–Crippen LogP) is 6.81. The Morgan fingerprint density at radius 1 is 0.808 bits per heavy atom. The van der Waals surface area contributed by atoms with Crippen LogP contribution in [0.4, 0.5) is 0 Å². The predicted molar refractivity (Wildman–Crippen MR) is 243 cm³/mol. The summed E-state index contributed by atoms with van der Waals surface area (Å²) < 4.78 is 14.6. The van der Waals surface area contributed by atoms with E-state index in [0.717, 1.165) is 59.6 Å².